The van der Waals surface area contributed by atoms with E-state index in [1.165, 1.54) is 65.7 Å². The molecule has 0 spiro atoms. The molecule has 7 aromatic carbocycles. The molecule has 0 radical (unpaired) electrons. The Bertz CT molecular complexity index is 2320. The minimum atomic E-state index is 0.0993. The first-order valence-corrected chi connectivity index (χ1v) is 16.0. The summed E-state index contributed by atoms with van der Waals surface area (Å²) in [7, 11) is 0. The smallest absolute Gasteiger partial charge is 0.136 e. The lowest BCUT2D eigenvalue weighted by Crippen LogP contribution is -2.10. The molecule has 0 bridgehead atoms. The highest BCUT2D eigenvalue weighted by Gasteiger charge is 2.21. The van der Waals surface area contributed by atoms with Crippen molar-refractivity contribution in [3.63, 3.8) is 0 Å². The highest BCUT2D eigenvalue weighted by Crippen LogP contribution is 2.47. The number of benzene rings is 7. The van der Waals surface area contributed by atoms with Crippen LogP contribution >= 0.6 is 0 Å². The molecule has 8 rings (SSSR count). The lowest BCUT2D eigenvalue weighted by Gasteiger charge is -2.21. The van der Waals surface area contributed by atoms with E-state index < -0.39 is 0 Å². The van der Waals surface area contributed by atoms with Gasteiger partial charge in [-0.15, -0.1) is 0 Å². The monoisotopic (exact) mass is 582 g/mol. The maximum atomic E-state index is 6.53. The van der Waals surface area contributed by atoms with Crippen LogP contribution in [0.1, 0.15) is 52.7 Å². The number of hydrogen-bond acceptors (Lipinski definition) is 1. The molecule has 0 aliphatic heterocycles. The van der Waals surface area contributed by atoms with Crippen molar-refractivity contribution in [3.05, 3.63) is 132 Å². The summed E-state index contributed by atoms with van der Waals surface area (Å²) >= 11 is 0. The summed E-state index contributed by atoms with van der Waals surface area (Å²) in [5.41, 5.74) is 9.91. The molecule has 0 aliphatic rings. The van der Waals surface area contributed by atoms with Crippen LogP contribution in [0.4, 0.5) is 0 Å². The van der Waals surface area contributed by atoms with Crippen molar-refractivity contribution >= 4 is 43.3 Å². The molecule has 0 amide bonds. The van der Waals surface area contributed by atoms with Crippen LogP contribution in [0.5, 0.6) is 0 Å². The normalized spacial score (nSPS) is 12.7. The first kappa shape index (κ1) is 27.7. The van der Waals surface area contributed by atoms with Crippen LogP contribution in [-0.2, 0) is 10.8 Å². The van der Waals surface area contributed by atoms with Gasteiger partial charge in [-0.3, -0.25) is 0 Å². The summed E-state index contributed by atoms with van der Waals surface area (Å²) in [5.74, 6) is 0.902. The zero-order chi connectivity index (χ0) is 31.1. The molecule has 0 aliphatic carbocycles. The van der Waals surface area contributed by atoms with Gasteiger partial charge in [0.05, 0.1) is 0 Å². The Balaban J connectivity index is 1.43. The Hall–Kier alpha value is -4.88. The van der Waals surface area contributed by atoms with E-state index in [0.717, 1.165) is 22.3 Å². The van der Waals surface area contributed by atoms with Crippen molar-refractivity contribution in [2.45, 2.75) is 52.4 Å². The number of furan rings is 1. The van der Waals surface area contributed by atoms with Gasteiger partial charge in [0, 0.05) is 10.9 Å². The molecule has 0 unspecified atom stereocenters. The second kappa shape index (κ2) is 9.81. The second-order valence-corrected chi connectivity index (χ2v) is 14.6. The lowest BCUT2D eigenvalue weighted by atomic mass is 9.83. The van der Waals surface area contributed by atoms with E-state index in [-0.39, 0.29) is 10.8 Å². The van der Waals surface area contributed by atoms with Crippen molar-refractivity contribution in [2.75, 3.05) is 0 Å². The van der Waals surface area contributed by atoms with Gasteiger partial charge >= 0.3 is 0 Å². The fourth-order valence-corrected chi connectivity index (χ4v) is 7.01. The molecule has 1 aromatic heterocycles. The zero-order valence-electron chi connectivity index (χ0n) is 27.0. The molecule has 0 saturated carbocycles. The number of fused-ring (bicyclic) bond motifs is 1. The third kappa shape index (κ3) is 4.53. The molecule has 1 nitrogen and oxygen atoms in total. The summed E-state index contributed by atoms with van der Waals surface area (Å²) in [6.45, 7) is 13.6. The van der Waals surface area contributed by atoms with Gasteiger partial charge in [-0.1, -0.05) is 145 Å². The van der Waals surface area contributed by atoms with E-state index in [0.29, 0.717) is 0 Å². The largest absolute Gasteiger partial charge is 0.456 e. The quantitative estimate of drug-likeness (QED) is 0.189. The number of rotatable bonds is 3. The summed E-state index contributed by atoms with van der Waals surface area (Å²) in [4.78, 5) is 0. The molecule has 0 saturated heterocycles. The van der Waals surface area contributed by atoms with Crippen LogP contribution in [0.15, 0.2) is 126 Å². The third-order valence-electron chi connectivity index (χ3n) is 9.60. The van der Waals surface area contributed by atoms with Crippen molar-refractivity contribution < 1.29 is 4.42 Å². The maximum absolute atomic E-state index is 6.53. The van der Waals surface area contributed by atoms with Gasteiger partial charge in [-0.2, -0.15) is 0 Å². The summed E-state index contributed by atoms with van der Waals surface area (Å²) in [6, 6.07) is 44.9. The van der Waals surface area contributed by atoms with Gasteiger partial charge in [0.1, 0.15) is 11.3 Å². The molecule has 0 fully saturated rings. The Morgan fingerprint density at radius 3 is 1.58 bits per heavy atom. The summed E-state index contributed by atoms with van der Waals surface area (Å²) in [6.07, 6.45) is 0. The number of hydrogen-bond donors (Lipinski definition) is 0. The van der Waals surface area contributed by atoms with Crippen molar-refractivity contribution in [1.29, 1.82) is 0 Å². The minimum Gasteiger partial charge on any atom is -0.456 e. The van der Waals surface area contributed by atoms with Crippen molar-refractivity contribution in [3.8, 4) is 33.6 Å². The van der Waals surface area contributed by atoms with Crippen LogP contribution in [0.2, 0.25) is 0 Å². The zero-order valence-corrected chi connectivity index (χ0v) is 27.0. The standard InChI is InChI=1S/C44H38O/c1-43(2,3)31-17-11-27(12-18-31)33-21-15-29-16-22-35-37(28-13-19-32(20-14-28)44(4,5)6)26-38(36-24-23-34(33)41(29)42(35)36)40-25-30-9-7-8-10-39(30)45-40/h7-26H,1-6H3. The molecule has 45 heavy (non-hydrogen) atoms. The van der Waals surface area contributed by atoms with Gasteiger partial charge < -0.3 is 4.42 Å². The highest BCUT2D eigenvalue weighted by molar-refractivity contribution is 6.29. The molecule has 8 aromatic rings. The first-order chi connectivity index (χ1) is 21.6. The van der Waals surface area contributed by atoms with E-state index in [2.05, 4.69) is 157 Å². The first-order valence-electron chi connectivity index (χ1n) is 16.0. The predicted octanol–water partition coefficient (Wildman–Crippen LogP) is 12.9. The van der Waals surface area contributed by atoms with Crippen LogP contribution in [0.3, 0.4) is 0 Å². The Morgan fingerprint density at radius 1 is 0.422 bits per heavy atom. The summed E-state index contributed by atoms with van der Waals surface area (Å²) < 4.78 is 6.53. The molecular formula is C44H38O. The SMILES string of the molecule is CC(C)(C)c1ccc(-c2ccc3ccc4c(-c5ccc(C(C)(C)C)cc5)cc(-c5cc6ccccc6o5)c5ccc2c3c45)cc1. The fourth-order valence-electron chi connectivity index (χ4n) is 7.01. The van der Waals surface area contributed by atoms with Crippen molar-refractivity contribution in [1.82, 2.24) is 0 Å². The van der Waals surface area contributed by atoms with Crippen LogP contribution in [0, 0.1) is 0 Å². The van der Waals surface area contributed by atoms with E-state index in [9.17, 15) is 0 Å². The van der Waals surface area contributed by atoms with Gasteiger partial charge in [0.2, 0.25) is 0 Å². The van der Waals surface area contributed by atoms with Gasteiger partial charge in [-0.05, 0) is 94.7 Å². The van der Waals surface area contributed by atoms with Gasteiger partial charge in [-0.25, -0.2) is 0 Å². The Morgan fingerprint density at radius 2 is 0.956 bits per heavy atom. The van der Waals surface area contributed by atoms with Crippen LogP contribution < -0.4 is 0 Å². The van der Waals surface area contributed by atoms with Crippen LogP contribution in [-0.4, -0.2) is 0 Å². The van der Waals surface area contributed by atoms with E-state index in [4.69, 9.17) is 4.42 Å². The molecule has 0 atom stereocenters. The molecule has 1 heterocycles. The Labute approximate surface area is 265 Å². The molecule has 1 heteroatoms. The van der Waals surface area contributed by atoms with Crippen LogP contribution in [0.25, 0.3) is 76.9 Å². The summed E-state index contributed by atoms with van der Waals surface area (Å²) in [5, 5.41) is 8.76. The van der Waals surface area contributed by atoms with Gasteiger partial charge in [0.15, 0.2) is 0 Å². The molecular weight excluding hydrogens is 544 g/mol. The van der Waals surface area contributed by atoms with E-state index in [1.807, 2.05) is 6.07 Å². The minimum absolute atomic E-state index is 0.0993. The topological polar surface area (TPSA) is 13.1 Å². The predicted molar refractivity (Wildman–Crippen MR) is 194 cm³/mol. The Kier molecular flexibility index (Phi) is 6.03. The van der Waals surface area contributed by atoms with Gasteiger partial charge in [0.25, 0.3) is 0 Å². The van der Waals surface area contributed by atoms with E-state index in [1.54, 1.807) is 0 Å². The second-order valence-electron chi connectivity index (χ2n) is 14.6. The number of para-hydroxylation sites is 1. The average molecular weight is 583 g/mol. The molecule has 220 valence electrons. The maximum Gasteiger partial charge on any atom is 0.136 e. The molecule has 0 N–H and O–H groups in total. The highest BCUT2D eigenvalue weighted by atomic mass is 16.3. The van der Waals surface area contributed by atoms with Crippen molar-refractivity contribution in [2.24, 2.45) is 0 Å². The third-order valence-corrected chi connectivity index (χ3v) is 9.60. The van der Waals surface area contributed by atoms with E-state index >= 15 is 0 Å². The fraction of sp³-hybridized carbons (Fsp3) is 0.182. The lowest BCUT2D eigenvalue weighted by molar-refractivity contribution is 0.590. The average Bonchev–Trinajstić information content (AvgIpc) is 3.47.